The molecule has 4 fully saturated rings. The van der Waals surface area contributed by atoms with Crippen LogP contribution in [0.3, 0.4) is 0 Å². The molecule has 2 unspecified atom stereocenters. The van der Waals surface area contributed by atoms with E-state index in [-0.39, 0.29) is 0 Å². The van der Waals surface area contributed by atoms with Crippen LogP contribution in [0, 0.1) is 0 Å². The highest BCUT2D eigenvalue weighted by atomic mass is 16.5. The Kier molecular flexibility index (Phi) is 5.80. The topological polar surface area (TPSA) is 108 Å². The lowest BCUT2D eigenvalue weighted by atomic mass is 9.87. The van der Waals surface area contributed by atoms with Crippen molar-refractivity contribution in [3.05, 3.63) is 78.4 Å². The normalized spacial score (nSPS) is 20.2. The Morgan fingerprint density at radius 2 is 1.85 bits per heavy atom. The Morgan fingerprint density at radius 1 is 0.976 bits per heavy atom. The lowest BCUT2D eigenvalue weighted by molar-refractivity contribution is -0.00969. The molecule has 5 aromatic rings. The summed E-state index contributed by atoms with van der Waals surface area (Å²) in [5.41, 5.74) is 4.03. The molecule has 0 radical (unpaired) electrons. The molecule has 2 atom stereocenters. The van der Waals surface area contributed by atoms with Crippen LogP contribution in [0.2, 0.25) is 0 Å². The zero-order valence-electron chi connectivity index (χ0n) is 22.9. The van der Waals surface area contributed by atoms with Gasteiger partial charge < -0.3 is 15.0 Å². The summed E-state index contributed by atoms with van der Waals surface area (Å²) in [5.74, 6) is 4.55. The first kappa shape index (κ1) is 24.2. The Bertz CT molecular complexity index is 1690. The number of piperidine rings is 1. The summed E-state index contributed by atoms with van der Waals surface area (Å²) in [6, 6.07) is 19.4. The Labute approximate surface area is 237 Å². The molecule has 206 valence electrons. The largest absolute Gasteiger partial charge is 0.495 e. The molecular formula is C31H31N9O. The number of hydrogen-bond donors (Lipinski definition) is 2. The van der Waals surface area contributed by atoms with Crippen molar-refractivity contribution in [3.8, 4) is 17.1 Å². The predicted octanol–water partition coefficient (Wildman–Crippen LogP) is 4.90. The van der Waals surface area contributed by atoms with Gasteiger partial charge in [0, 0.05) is 66.5 Å². The van der Waals surface area contributed by atoms with Crippen LogP contribution in [-0.4, -0.2) is 67.3 Å². The molecule has 10 heteroatoms. The number of nitrogens with zero attached hydrogens (tertiary/aromatic N) is 7. The third kappa shape index (κ3) is 4.63. The standard InChI is InChI=1S/C31H31N9O/c1-41-24-10-9-21(32-15-24)16-40-22-12-23(40)18-39(17-22)29-11-8-20(14-33-29)30-34-26-5-3-2-4-25(26)31(36-30)35-28-13-27(37-38-28)19-6-7-19/h2-5,8-11,13-15,19,22-23H,6-7,12,16-18H2,1H3,(H2,34,35,36,37,38). The van der Waals surface area contributed by atoms with E-state index in [1.54, 1.807) is 13.3 Å². The van der Waals surface area contributed by atoms with Crippen molar-refractivity contribution in [2.75, 3.05) is 30.4 Å². The van der Waals surface area contributed by atoms with E-state index < -0.39 is 0 Å². The molecule has 9 rings (SSSR count). The number of para-hydroxylation sites is 1. The van der Waals surface area contributed by atoms with Gasteiger partial charge in [-0.2, -0.15) is 5.10 Å². The molecule has 7 heterocycles. The summed E-state index contributed by atoms with van der Waals surface area (Å²) in [6.07, 6.45) is 7.36. The van der Waals surface area contributed by atoms with Crippen LogP contribution in [-0.2, 0) is 6.54 Å². The van der Waals surface area contributed by atoms with Crippen molar-refractivity contribution in [1.29, 1.82) is 0 Å². The number of pyridine rings is 2. The Morgan fingerprint density at radius 3 is 2.61 bits per heavy atom. The number of ether oxygens (including phenoxy) is 1. The predicted molar refractivity (Wildman–Crippen MR) is 157 cm³/mol. The first-order valence-corrected chi connectivity index (χ1v) is 14.3. The molecule has 10 nitrogen and oxygen atoms in total. The smallest absolute Gasteiger partial charge is 0.163 e. The van der Waals surface area contributed by atoms with Gasteiger partial charge in [-0.3, -0.25) is 15.0 Å². The third-order valence-electron chi connectivity index (χ3n) is 8.52. The monoisotopic (exact) mass is 545 g/mol. The summed E-state index contributed by atoms with van der Waals surface area (Å²) >= 11 is 0. The van der Waals surface area contributed by atoms with Gasteiger partial charge >= 0.3 is 0 Å². The van der Waals surface area contributed by atoms with E-state index >= 15 is 0 Å². The molecule has 1 aromatic carbocycles. The van der Waals surface area contributed by atoms with Gasteiger partial charge in [-0.05, 0) is 55.7 Å². The van der Waals surface area contributed by atoms with Crippen molar-refractivity contribution in [3.63, 3.8) is 0 Å². The first-order chi connectivity index (χ1) is 20.2. The van der Waals surface area contributed by atoms with E-state index in [2.05, 4.69) is 54.6 Å². The fourth-order valence-electron chi connectivity index (χ4n) is 6.08. The van der Waals surface area contributed by atoms with Crippen molar-refractivity contribution < 1.29 is 4.74 Å². The zero-order chi connectivity index (χ0) is 27.3. The molecule has 41 heavy (non-hydrogen) atoms. The number of benzene rings is 1. The lowest BCUT2D eigenvalue weighted by Crippen LogP contribution is -2.68. The van der Waals surface area contributed by atoms with Crippen LogP contribution in [0.4, 0.5) is 17.5 Å². The number of piperazine rings is 1. The van der Waals surface area contributed by atoms with Crippen LogP contribution in [0.1, 0.15) is 36.6 Å². The average Bonchev–Trinajstić information content (AvgIpc) is 3.78. The van der Waals surface area contributed by atoms with E-state index in [1.165, 1.54) is 25.0 Å². The van der Waals surface area contributed by atoms with Crippen molar-refractivity contribution >= 4 is 28.4 Å². The van der Waals surface area contributed by atoms with Gasteiger partial charge in [0.2, 0.25) is 0 Å². The number of anilines is 3. The highest BCUT2D eigenvalue weighted by molar-refractivity contribution is 5.92. The number of fused-ring (bicyclic) bond motifs is 3. The van der Waals surface area contributed by atoms with Gasteiger partial charge in [-0.1, -0.05) is 12.1 Å². The minimum atomic E-state index is 0.513. The fraction of sp³-hybridized carbons (Fsp3) is 0.323. The second-order valence-corrected chi connectivity index (χ2v) is 11.2. The summed E-state index contributed by atoms with van der Waals surface area (Å²) in [5, 5.41) is 12.0. The van der Waals surface area contributed by atoms with Crippen molar-refractivity contribution in [1.82, 2.24) is 35.0 Å². The molecule has 0 amide bonds. The van der Waals surface area contributed by atoms with Crippen LogP contribution in [0.5, 0.6) is 5.75 Å². The van der Waals surface area contributed by atoms with E-state index in [9.17, 15) is 0 Å². The van der Waals surface area contributed by atoms with Gasteiger partial charge in [-0.15, -0.1) is 0 Å². The Hall–Kier alpha value is -4.57. The highest BCUT2D eigenvalue weighted by Gasteiger charge is 2.44. The number of hydrogen-bond acceptors (Lipinski definition) is 9. The first-order valence-electron chi connectivity index (χ1n) is 14.3. The molecule has 4 aromatic heterocycles. The number of aromatic nitrogens is 6. The quantitative estimate of drug-likeness (QED) is 0.281. The van der Waals surface area contributed by atoms with Crippen LogP contribution in [0.15, 0.2) is 67.0 Å². The van der Waals surface area contributed by atoms with Crippen LogP contribution in [0.25, 0.3) is 22.3 Å². The van der Waals surface area contributed by atoms with Gasteiger partial charge in [0.1, 0.15) is 17.4 Å². The van der Waals surface area contributed by atoms with Gasteiger partial charge in [0.25, 0.3) is 0 Å². The van der Waals surface area contributed by atoms with Gasteiger partial charge in [0.05, 0.1) is 24.5 Å². The number of nitrogens with one attached hydrogen (secondary N) is 2. The second-order valence-electron chi connectivity index (χ2n) is 11.2. The van der Waals surface area contributed by atoms with E-state index in [0.29, 0.717) is 23.8 Å². The molecule has 0 spiro atoms. The number of rotatable bonds is 8. The summed E-state index contributed by atoms with van der Waals surface area (Å²) < 4.78 is 5.24. The fourth-order valence-corrected chi connectivity index (χ4v) is 6.08. The van der Waals surface area contributed by atoms with E-state index in [4.69, 9.17) is 19.7 Å². The maximum absolute atomic E-state index is 5.24. The zero-order valence-corrected chi connectivity index (χ0v) is 22.9. The average molecular weight is 546 g/mol. The van der Waals surface area contributed by atoms with Gasteiger partial charge in [-0.25, -0.2) is 15.0 Å². The van der Waals surface area contributed by atoms with E-state index in [1.807, 2.05) is 36.5 Å². The van der Waals surface area contributed by atoms with Crippen molar-refractivity contribution in [2.24, 2.45) is 0 Å². The Balaban J connectivity index is 0.986. The highest BCUT2D eigenvalue weighted by Crippen LogP contribution is 2.40. The molecule has 2 N–H and O–H groups in total. The van der Waals surface area contributed by atoms with E-state index in [0.717, 1.165) is 65.0 Å². The van der Waals surface area contributed by atoms with Gasteiger partial charge in [0.15, 0.2) is 11.6 Å². The maximum Gasteiger partial charge on any atom is 0.163 e. The lowest BCUT2D eigenvalue weighted by Gasteiger charge is -2.56. The minimum Gasteiger partial charge on any atom is -0.495 e. The summed E-state index contributed by atoms with van der Waals surface area (Å²) in [4.78, 5) is 24.1. The molecule has 2 bridgehead atoms. The maximum atomic E-state index is 5.24. The molecular weight excluding hydrogens is 514 g/mol. The second kappa shape index (κ2) is 9.81. The number of methoxy groups -OCH3 is 1. The molecule has 1 saturated carbocycles. The van der Waals surface area contributed by atoms with Crippen LogP contribution < -0.4 is 15.0 Å². The SMILES string of the molecule is COc1ccc(CN2C3CC2CN(c2ccc(-c4nc(Nc5cc(C6CC6)[nH]n5)c5ccccc5n4)cn2)C3)nc1. The molecule has 3 saturated heterocycles. The number of aromatic amines is 1. The van der Waals surface area contributed by atoms with Crippen LogP contribution >= 0.6 is 0 Å². The molecule has 3 aliphatic heterocycles. The molecule has 4 aliphatic rings. The number of H-pyrrole nitrogens is 1. The minimum absolute atomic E-state index is 0.513. The summed E-state index contributed by atoms with van der Waals surface area (Å²) in [7, 11) is 1.67. The summed E-state index contributed by atoms with van der Waals surface area (Å²) in [6.45, 7) is 2.80. The van der Waals surface area contributed by atoms with Crippen molar-refractivity contribution in [2.45, 2.75) is 43.8 Å². The molecule has 1 aliphatic carbocycles. The third-order valence-corrected chi connectivity index (χ3v) is 8.52.